The molecule has 0 aromatic heterocycles. The highest BCUT2D eigenvalue weighted by Crippen LogP contribution is 2.20. The summed E-state index contributed by atoms with van der Waals surface area (Å²) in [7, 11) is 4.17. The van der Waals surface area contributed by atoms with Crippen molar-refractivity contribution in [2.75, 3.05) is 47.1 Å². The van der Waals surface area contributed by atoms with Crippen molar-refractivity contribution in [3.63, 3.8) is 0 Å². The van der Waals surface area contributed by atoms with Crippen molar-refractivity contribution in [1.82, 2.24) is 0 Å². The molecule has 0 bridgehead atoms. The Morgan fingerprint density at radius 2 is 2.00 bits per heavy atom. The topological polar surface area (TPSA) is 46.5 Å². The van der Waals surface area contributed by atoms with E-state index in [9.17, 15) is 4.57 Å². The van der Waals surface area contributed by atoms with Crippen molar-refractivity contribution in [2.24, 2.45) is 0 Å². The summed E-state index contributed by atoms with van der Waals surface area (Å²) in [4.78, 5) is 0. The molecule has 0 aliphatic heterocycles. The zero-order valence-electron chi connectivity index (χ0n) is 8.04. The lowest BCUT2D eigenvalue weighted by atomic mass is 10.5. The summed E-state index contributed by atoms with van der Waals surface area (Å²) in [5.74, 6) is 0. The van der Waals surface area contributed by atoms with Crippen LogP contribution in [0.5, 0.6) is 0 Å². The average Bonchev–Trinajstić information content (AvgIpc) is 1.84. The van der Waals surface area contributed by atoms with E-state index in [1.807, 2.05) is 21.1 Å². The van der Waals surface area contributed by atoms with Gasteiger partial charge in [-0.2, -0.15) is 0 Å². The number of aliphatic hydroxyl groups is 1. The van der Waals surface area contributed by atoms with Crippen molar-refractivity contribution >= 4 is 8.03 Å². The molecule has 0 rings (SSSR count). The van der Waals surface area contributed by atoms with Crippen LogP contribution in [-0.2, 0) is 9.09 Å². The van der Waals surface area contributed by atoms with Crippen LogP contribution < -0.4 is 0 Å². The maximum Gasteiger partial charge on any atom is 0.194 e. The van der Waals surface area contributed by atoms with E-state index in [0.717, 1.165) is 11.0 Å². The van der Waals surface area contributed by atoms with Gasteiger partial charge in [0.2, 0.25) is 0 Å². The van der Waals surface area contributed by atoms with E-state index in [2.05, 4.69) is 0 Å². The Hall–Kier alpha value is 0.110. The van der Waals surface area contributed by atoms with Crippen LogP contribution in [0.4, 0.5) is 0 Å². The molecule has 0 aliphatic rings. The van der Waals surface area contributed by atoms with Gasteiger partial charge in [0.05, 0.1) is 27.7 Å². The maximum absolute atomic E-state index is 10.9. The van der Waals surface area contributed by atoms with Gasteiger partial charge in [-0.1, -0.05) is 0 Å². The van der Waals surface area contributed by atoms with E-state index in [4.69, 9.17) is 9.63 Å². The second kappa shape index (κ2) is 5.70. The van der Waals surface area contributed by atoms with Crippen LogP contribution in [-0.4, -0.2) is 56.7 Å². The average molecular weight is 196 g/mol. The molecule has 0 aromatic carbocycles. The van der Waals surface area contributed by atoms with Gasteiger partial charge in [-0.05, 0) is 0 Å². The Balaban J connectivity index is 3.37. The normalized spacial score (nSPS) is 14.7. The minimum atomic E-state index is -1.97. The molecule has 0 saturated heterocycles. The van der Waals surface area contributed by atoms with Crippen LogP contribution in [0.1, 0.15) is 0 Å². The van der Waals surface area contributed by atoms with Gasteiger partial charge in [0.1, 0.15) is 13.2 Å². The lowest BCUT2D eigenvalue weighted by Gasteiger charge is -2.23. The Bertz CT molecular complexity index is 144. The molecule has 0 fully saturated rings. The monoisotopic (exact) mass is 196 g/mol. The first kappa shape index (κ1) is 12.1. The molecule has 74 valence electrons. The molecule has 0 aromatic rings. The predicted molar refractivity (Wildman–Crippen MR) is 49.8 cm³/mol. The first-order chi connectivity index (χ1) is 5.45. The van der Waals surface area contributed by atoms with Crippen molar-refractivity contribution in [2.45, 2.75) is 0 Å². The number of rotatable bonds is 6. The van der Waals surface area contributed by atoms with Crippen molar-refractivity contribution < 1.29 is 18.7 Å². The molecule has 0 amide bonds. The molecule has 0 spiro atoms. The van der Waals surface area contributed by atoms with E-state index in [0.29, 0.717) is 6.61 Å². The van der Waals surface area contributed by atoms with E-state index < -0.39 is 8.03 Å². The first-order valence-electron chi connectivity index (χ1n) is 4.02. The summed E-state index contributed by atoms with van der Waals surface area (Å²) < 4.78 is 16.8. The summed E-state index contributed by atoms with van der Waals surface area (Å²) in [6.45, 7) is 1.28. The van der Waals surface area contributed by atoms with Crippen molar-refractivity contribution in [3.05, 3.63) is 0 Å². The third-order valence-electron chi connectivity index (χ3n) is 1.34. The molecule has 0 saturated carbocycles. The molecule has 0 aliphatic carbocycles. The highest BCUT2D eigenvalue weighted by molar-refractivity contribution is 7.39. The summed E-state index contributed by atoms with van der Waals surface area (Å²) >= 11 is 0. The van der Waals surface area contributed by atoms with Crippen LogP contribution in [0.2, 0.25) is 0 Å². The van der Waals surface area contributed by atoms with Crippen LogP contribution >= 0.6 is 8.03 Å². The molecular formula is C7H19NO3P+. The van der Waals surface area contributed by atoms with E-state index >= 15 is 0 Å². The Morgan fingerprint density at radius 3 is 2.42 bits per heavy atom. The Kier molecular flexibility index (Phi) is 5.76. The van der Waals surface area contributed by atoms with Crippen LogP contribution in [0.25, 0.3) is 0 Å². The van der Waals surface area contributed by atoms with Gasteiger partial charge in [0.25, 0.3) is 0 Å². The fourth-order valence-corrected chi connectivity index (χ4v) is 1.24. The lowest BCUT2D eigenvalue weighted by Crippen LogP contribution is -2.37. The maximum atomic E-state index is 10.9. The summed E-state index contributed by atoms with van der Waals surface area (Å²) in [6.07, 6.45) is 0.280. The van der Waals surface area contributed by atoms with E-state index in [1.165, 1.54) is 0 Å². The predicted octanol–water partition coefficient (Wildman–Crippen LogP) is 0.176. The number of quaternary nitrogens is 1. The SMILES string of the molecule is C[N+](C)(C)CCO[PH](=O)CCO. The first-order valence-corrected chi connectivity index (χ1v) is 5.55. The lowest BCUT2D eigenvalue weighted by molar-refractivity contribution is -0.870. The van der Waals surface area contributed by atoms with Gasteiger partial charge in [0.15, 0.2) is 8.03 Å². The number of hydrogen-bond acceptors (Lipinski definition) is 3. The zero-order valence-corrected chi connectivity index (χ0v) is 9.04. The Labute approximate surface area is 74.6 Å². The van der Waals surface area contributed by atoms with Crippen LogP contribution in [0.3, 0.4) is 0 Å². The largest absolute Gasteiger partial charge is 0.396 e. The standard InChI is InChI=1S/C7H19NO3P/c1-8(2,3)4-6-11-12(10)7-5-9/h9,12H,4-7H2,1-3H3/q+1. The van der Waals surface area contributed by atoms with Crippen molar-refractivity contribution in [3.8, 4) is 0 Å². The number of likely N-dealkylation sites (N-methyl/N-ethyl adjacent to an activating group) is 1. The van der Waals surface area contributed by atoms with Gasteiger partial charge >= 0.3 is 0 Å². The third-order valence-corrected chi connectivity index (χ3v) is 2.50. The quantitative estimate of drug-likeness (QED) is 0.487. The highest BCUT2D eigenvalue weighted by Gasteiger charge is 2.07. The molecule has 1 atom stereocenters. The molecule has 1 unspecified atom stereocenters. The smallest absolute Gasteiger partial charge is 0.194 e. The highest BCUT2D eigenvalue weighted by atomic mass is 31.1. The molecule has 0 heterocycles. The summed E-state index contributed by atoms with van der Waals surface area (Å²) in [6, 6.07) is 0. The summed E-state index contributed by atoms with van der Waals surface area (Å²) in [5, 5.41) is 8.44. The zero-order chi connectivity index (χ0) is 9.61. The van der Waals surface area contributed by atoms with Gasteiger partial charge in [-0.15, -0.1) is 0 Å². The van der Waals surface area contributed by atoms with E-state index in [-0.39, 0.29) is 12.8 Å². The van der Waals surface area contributed by atoms with Crippen LogP contribution in [0.15, 0.2) is 0 Å². The second-order valence-electron chi connectivity index (χ2n) is 3.71. The third kappa shape index (κ3) is 8.21. The van der Waals surface area contributed by atoms with Gasteiger partial charge in [-0.25, -0.2) is 0 Å². The van der Waals surface area contributed by atoms with Crippen molar-refractivity contribution in [1.29, 1.82) is 0 Å². The Morgan fingerprint density at radius 1 is 1.42 bits per heavy atom. The van der Waals surface area contributed by atoms with E-state index in [1.54, 1.807) is 0 Å². The molecule has 1 N–H and O–H groups in total. The molecule has 4 nitrogen and oxygen atoms in total. The fraction of sp³-hybridized carbons (Fsp3) is 1.00. The second-order valence-corrected chi connectivity index (χ2v) is 5.24. The molecule has 0 radical (unpaired) electrons. The number of nitrogens with zero attached hydrogens (tertiary/aromatic N) is 1. The molecule has 5 heteroatoms. The molecular weight excluding hydrogens is 177 g/mol. The molecule has 12 heavy (non-hydrogen) atoms. The number of aliphatic hydroxyl groups excluding tert-OH is 1. The van der Waals surface area contributed by atoms with Gasteiger partial charge in [-0.3, -0.25) is 4.57 Å². The van der Waals surface area contributed by atoms with Gasteiger partial charge in [0, 0.05) is 6.16 Å². The fourth-order valence-electron chi connectivity index (χ4n) is 0.597. The minimum Gasteiger partial charge on any atom is -0.396 e. The van der Waals surface area contributed by atoms with Crippen LogP contribution in [0, 0.1) is 0 Å². The summed E-state index contributed by atoms with van der Waals surface area (Å²) in [5.41, 5.74) is 0. The number of hydrogen-bond donors (Lipinski definition) is 1. The van der Waals surface area contributed by atoms with Gasteiger partial charge < -0.3 is 14.1 Å². The minimum absolute atomic E-state index is 0.0534.